The number of fused-ring (bicyclic) bond motifs is 1. The molecule has 0 atom stereocenters. The Hall–Kier alpha value is -1.50. The molecule has 2 aromatic rings. The summed E-state index contributed by atoms with van der Waals surface area (Å²) in [5.41, 5.74) is -0.419. The summed E-state index contributed by atoms with van der Waals surface area (Å²) in [6.07, 6.45) is 0. The fourth-order valence-electron chi connectivity index (χ4n) is 0.883. The monoisotopic (exact) mass is 184 g/mol. The third-order valence-electron chi connectivity index (χ3n) is 1.53. The molecule has 0 spiro atoms. The number of aryl methyl sites for hydroxylation is 1. The SMILES string of the molecule is Cn1c(=O)[nH]c(=O)c2nsnc21. The van der Waals surface area contributed by atoms with Gasteiger partial charge in [-0.1, -0.05) is 0 Å². The van der Waals surface area contributed by atoms with Gasteiger partial charge in [0.15, 0.2) is 11.2 Å². The Balaban J connectivity index is 3.18. The van der Waals surface area contributed by atoms with Crippen LogP contribution in [-0.4, -0.2) is 18.3 Å². The van der Waals surface area contributed by atoms with Crippen LogP contribution in [0.3, 0.4) is 0 Å². The zero-order chi connectivity index (χ0) is 8.72. The van der Waals surface area contributed by atoms with E-state index >= 15 is 0 Å². The van der Waals surface area contributed by atoms with E-state index in [-0.39, 0.29) is 5.52 Å². The van der Waals surface area contributed by atoms with E-state index in [1.165, 1.54) is 11.6 Å². The average Bonchev–Trinajstić information content (AvgIpc) is 2.48. The highest BCUT2D eigenvalue weighted by atomic mass is 32.1. The first-order valence-corrected chi connectivity index (χ1v) is 3.85. The Morgan fingerprint density at radius 1 is 1.42 bits per heavy atom. The summed E-state index contributed by atoms with van der Waals surface area (Å²) in [6.45, 7) is 0. The minimum absolute atomic E-state index is 0.210. The lowest BCUT2D eigenvalue weighted by Gasteiger charge is -1.93. The lowest BCUT2D eigenvalue weighted by Crippen LogP contribution is -2.28. The molecular formula is C5H4N4O2S. The van der Waals surface area contributed by atoms with Crippen molar-refractivity contribution in [3.05, 3.63) is 20.8 Å². The number of nitrogens with zero attached hydrogens (tertiary/aromatic N) is 3. The van der Waals surface area contributed by atoms with E-state index in [0.29, 0.717) is 5.65 Å². The summed E-state index contributed by atoms with van der Waals surface area (Å²) in [7, 11) is 1.53. The number of rotatable bonds is 0. The first-order valence-electron chi connectivity index (χ1n) is 3.12. The van der Waals surface area contributed by atoms with Crippen LogP contribution in [0.5, 0.6) is 0 Å². The fraction of sp³-hybridized carbons (Fsp3) is 0.200. The number of hydrogen-bond donors (Lipinski definition) is 1. The van der Waals surface area contributed by atoms with Crippen LogP contribution in [0, 0.1) is 0 Å². The van der Waals surface area contributed by atoms with Crippen molar-refractivity contribution in [1.29, 1.82) is 0 Å². The molecular weight excluding hydrogens is 180 g/mol. The van der Waals surface area contributed by atoms with Crippen molar-refractivity contribution in [2.75, 3.05) is 0 Å². The minimum atomic E-state index is -0.484. The van der Waals surface area contributed by atoms with E-state index in [0.717, 1.165) is 11.7 Å². The maximum atomic E-state index is 11.0. The first kappa shape index (κ1) is 7.17. The van der Waals surface area contributed by atoms with Gasteiger partial charge in [-0.15, -0.1) is 0 Å². The van der Waals surface area contributed by atoms with Gasteiger partial charge in [0.05, 0.1) is 11.7 Å². The summed E-state index contributed by atoms with van der Waals surface area (Å²) in [6, 6.07) is 0. The molecule has 0 aliphatic rings. The fourth-order valence-corrected chi connectivity index (χ4v) is 1.46. The molecule has 0 aromatic carbocycles. The molecule has 2 rings (SSSR count). The highest BCUT2D eigenvalue weighted by Crippen LogP contribution is 2.00. The summed E-state index contributed by atoms with van der Waals surface area (Å²) in [4.78, 5) is 24.2. The predicted octanol–water partition coefficient (Wildman–Crippen LogP) is -0.922. The molecule has 2 aromatic heterocycles. The molecule has 0 radical (unpaired) electrons. The number of aromatic nitrogens is 4. The topological polar surface area (TPSA) is 80.6 Å². The van der Waals surface area contributed by atoms with Crippen LogP contribution < -0.4 is 11.2 Å². The van der Waals surface area contributed by atoms with E-state index < -0.39 is 11.2 Å². The van der Waals surface area contributed by atoms with Crippen LogP contribution in [0.4, 0.5) is 0 Å². The second kappa shape index (κ2) is 2.24. The van der Waals surface area contributed by atoms with Crippen molar-refractivity contribution < 1.29 is 0 Å². The molecule has 0 aliphatic carbocycles. The summed E-state index contributed by atoms with van der Waals surface area (Å²) < 4.78 is 8.81. The average molecular weight is 184 g/mol. The molecule has 0 fully saturated rings. The van der Waals surface area contributed by atoms with Crippen LogP contribution in [0.2, 0.25) is 0 Å². The number of hydrogen-bond acceptors (Lipinski definition) is 5. The zero-order valence-electron chi connectivity index (χ0n) is 6.07. The molecule has 1 N–H and O–H groups in total. The Morgan fingerprint density at radius 3 is 2.92 bits per heavy atom. The van der Waals surface area contributed by atoms with Crippen LogP contribution in [0.25, 0.3) is 11.2 Å². The Labute approximate surface area is 69.8 Å². The number of nitrogens with one attached hydrogen (secondary N) is 1. The number of aromatic amines is 1. The smallest absolute Gasteiger partial charge is 0.278 e. The van der Waals surface area contributed by atoms with Gasteiger partial charge < -0.3 is 0 Å². The van der Waals surface area contributed by atoms with Gasteiger partial charge in [-0.2, -0.15) is 8.75 Å². The second-order valence-corrected chi connectivity index (χ2v) is 2.78. The number of H-pyrrole nitrogens is 1. The van der Waals surface area contributed by atoms with Crippen LogP contribution in [0.15, 0.2) is 9.59 Å². The molecule has 7 heteroatoms. The van der Waals surface area contributed by atoms with Gasteiger partial charge in [0.1, 0.15) is 0 Å². The minimum Gasteiger partial charge on any atom is -0.278 e. The molecule has 0 aliphatic heterocycles. The van der Waals surface area contributed by atoms with Crippen molar-refractivity contribution >= 4 is 22.9 Å². The summed E-state index contributed by atoms with van der Waals surface area (Å²) in [5.74, 6) is 0. The van der Waals surface area contributed by atoms with Crippen LogP contribution >= 0.6 is 11.7 Å². The lowest BCUT2D eigenvalue weighted by molar-refractivity contribution is 0.833. The molecule has 0 saturated carbocycles. The standard InChI is InChI=1S/C5H4N4O2S/c1-9-3-2(7-12-8-3)4(10)6-5(9)11/h1H3,(H,6,10,11). The van der Waals surface area contributed by atoms with Gasteiger partial charge in [-0.25, -0.2) is 4.79 Å². The van der Waals surface area contributed by atoms with Crippen LogP contribution in [0.1, 0.15) is 0 Å². The van der Waals surface area contributed by atoms with Crippen molar-refractivity contribution in [3.63, 3.8) is 0 Å². The van der Waals surface area contributed by atoms with Gasteiger partial charge in [-0.05, 0) is 0 Å². The quantitative estimate of drug-likeness (QED) is 0.574. The molecule has 6 nitrogen and oxygen atoms in total. The zero-order valence-corrected chi connectivity index (χ0v) is 6.88. The Morgan fingerprint density at radius 2 is 2.17 bits per heavy atom. The predicted molar refractivity (Wildman–Crippen MR) is 43.3 cm³/mol. The van der Waals surface area contributed by atoms with Crippen molar-refractivity contribution in [2.45, 2.75) is 0 Å². The van der Waals surface area contributed by atoms with Crippen LogP contribution in [-0.2, 0) is 7.05 Å². The maximum absolute atomic E-state index is 11.0. The molecule has 62 valence electrons. The molecule has 0 unspecified atom stereocenters. The van der Waals surface area contributed by atoms with E-state index in [1.54, 1.807) is 0 Å². The third-order valence-corrected chi connectivity index (χ3v) is 2.05. The van der Waals surface area contributed by atoms with E-state index in [2.05, 4.69) is 13.7 Å². The van der Waals surface area contributed by atoms with Gasteiger partial charge in [0.2, 0.25) is 0 Å². The van der Waals surface area contributed by atoms with Crippen molar-refractivity contribution in [1.82, 2.24) is 18.3 Å². The maximum Gasteiger partial charge on any atom is 0.329 e. The van der Waals surface area contributed by atoms with Gasteiger partial charge in [-0.3, -0.25) is 14.3 Å². The third kappa shape index (κ3) is 0.797. The van der Waals surface area contributed by atoms with Gasteiger partial charge in [0.25, 0.3) is 5.56 Å². The molecule has 0 amide bonds. The van der Waals surface area contributed by atoms with Crippen molar-refractivity contribution in [3.8, 4) is 0 Å². The molecule has 0 bridgehead atoms. The van der Waals surface area contributed by atoms with Gasteiger partial charge >= 0.3 is 5.69 Å². The second-order valence-electron chi connectivity index (χ2n) is 2.25. The lowest BCUT2D eigenvalue weighted by atomic mass is 10.5. The molecule has 12 heavy (non-hydrogen) atoms. The Bertz CT molecular complexity index is 536. The molecule has 2 heterocycles. The molecule has 0 saturated heterocycles. The normalized spacial score (nSPS) is 10.8. The van der Waals surface area contributed by atoms with Gasteiger partial charge in [0, 0.05) is 7.05 Å². The van der Waals surface area contributed by atoms with Crippen molar-refractivity contribution in [2.24, 2.45) is 7.05 Å². The highest BCUT2D eigenvalue weighted by Gasteiger charge is 2.07. The first-order chi connectivity index (χ1) is 5.70. The summed E-state index contributed by atoms with van der Waals surface area (Å²) >= 11 is 0.910. The van der Waals surface area contributed by atoms with E-state index in [1.807, 2.05) is 0 Å². The Kier molecular flexibility index (Phi) is 1.34. The highest BCUT2D eigenvalue weighted by molar-refractivity contribution is 7.00. The largest absolute Gasteiger partial charge is 0.329 e. The van der Waals surface area contributed by atoms with E-state index in [4.69, 9.17) is 0 Å². The van der Waals surface area contributed by atoms with E-state index in [9.17, 15) is 9.59 Å². The summed E-state index contributed by atoms with van der Waals surface area (Å²) in [5, 5.41) is 0.